The van der Waals surface area contributed by atoms with Gasteiger partial charge in [0, 0.05) is 54.9 Å². The fraction of sp³-hybridized carbons (Fsp3) is 0.286. The number of piperazine rings is 1. The Kier molecular flexibility index (Phi) is 5.62. The fourth-order valence-electron chi connectivity index (χ4n) is 4.73. The lowest BCUT2D eigenvalue weighted by atomic mass is 10.0. The summed E-state index contributed by atoms with van der Waals surface area (Å²) in [5.41, 5.74) is 7.04. The van der Waals surface area contributed by atoms with Gasteiger partial charge in [-0.2, -0.15) is 0 Å². The van der Waals surface area contributed by atoms with E-state index in [0.29, 0.717) is 0 Å². The van der Waals surface area contributed by atoms with Gasteiger partial charge >= 0.3 is 0 Å². The monoisotopic (exact) mass is 426 g/mol. The van der Waals surface area contributed by atoms with E-state index in [1.165, 1.54) is 22.4 Å². The van der Waals surface area contributed by atoms with Crippen LogP contribution in [0.1, 0.15) is 16.9 Å². The van der Waals surface area contributed by atoms with Crippen LogP contribution in [0.5, 0.6) is 5.75 Å². The zero-order valence-corrected chi connectivity index (χ0v) is 19.1. The van der Waals surface area contributed by atoms with Gasteiger partial charge in [-0.15, -0.1) is 0 Å². The molecule has 4 aromatic rings. The molecule has 0 saturated carbocycles. The maximum Gasteiger partial charge on any atom is 0.135 e. The summed E-state index contributed by atoms with van der Waals surface area (Å²) in [5, 5.41) is 1.11. The molecule has 0 spiro atoms. The average Bonchev–Trinajstić information content (AvgIpc) is 3.14. The molecule has 32 heavy (non-hydrogen) atoms. The Bertz CT molecular complexity index is 1200. The van der Waals surface area contributed by atoms with Crippen LogP contribution in [-0.4, -0.2) is 38.2 Å². The van der Waals surface area contributed by atoms with Crippen LogP contribution in [0, 0.1) is 13.8 Å². The predicted molar refractivity (Wildman–Crippen MR) is 132 cm³/mol. The van der Waals surface area contributed by atoms with Gasteiger partial charge in [-0.05, 0) is 43.7 Å². The summed E-state index contributed by atoms with van der Waals surface area (Å²) < 4.78 is 12.0. The fourth-order valence-corrected chi connectivity index (χ4v) is 4.73. The number of rotatable bonds is 5. The largest absolute Gasteiger partial charge is 0.496 e. The Morgan fingerprint density at radius 1 is 0.875 bits per heavy atom. The number of aryl methyl sites for hydroxylation is 2. The topological polar surface area (TPSA) is 28.9 Å². The number of hydrogen-bond donors (Lipinski definition) is 0. The van der Waals surface area contributed by atoms with Crippen molar-refractivity contribution >= 4 is 16.7 Å². The quantitative estimate of drug-likeness (QED) is 0.389. The summed E-state index contributed by atoms with van der Waals surface area (Å²) >= 11 is 0. The molecule has 0 unspecified atom stereocenters. The van der Waals surface area contributed by atoms with Crippen LogP contribution in [0.2, 0.25) is 0 Å². The molecule has 0 aliphatic carbocycles. The van der Waals surface area contributed by atoms with Gasteiger partial charge in [0.05, 0.1) is 7.11 Å². The molecule has 3 aromatic carbocycles. The van der Waals surface area contributed by atoms with Crippen molar-refractivity contribution in [2.75, 3.05) is 38.2 Å². The first-order chi connectivity index (χ1) is 15.6. The molecule has 1 saturated heterocycles. The highest BCUT2D eigenvalue weighted by Crippen LogP contribution is 2.38. The zero-order chi connectivity index (χ0) is 22.1. The number of benzene rings is 3. The lowest BCUT2D eigenvalue weighted by Crippen LogP contribution is -2.46. The number of anilines is 1. The number of furan rings is 1. The van der Waals surface area contributed by atoms with Crippen molar-refractivity contribution in [3.8, 4) is 16.9 Å². The van der Waals surface area contributed by atoms with E-state index < -0.39 is 0 Å². The van der Waals surface area contributed by atoms with E-state index in [1.54, 1.807) is 7.11 Å². The molecular weight excluding hydrogens is 396 g/mol. The van der Waals surface area contributed by atoms with E-state index in [9.17, 15) is 0 Å². The third-order valence-electron chi connectivity index (χ3n) is 6.49. The van der Waals surface area contributed by atoms with Gasteiger partial charge in [-0.1, -0.05) is 48.0 Å². The Balaban J connectivity index is 1.36. The van der Waals surface area contributed by atoms with Crippen LogP contribution >= 0.6 is 0 Å². The minimum absolute atomic E-state index is 0.862. The highest BCUT2D eigenvalue weighted by Gasteiger charge is 2.21. The highest BCUT2D eigenvalue weighted by atomic mass is 16.5. The molecule has 0 radical (unpaired) electrons. The number of ether oxygens (including phenoxy) is 1. The van der Waals surface area contributed by atoms with Gasteiger partial charge < -0.3 is 14.1 Å². The minimum Gasteiger partial charge on any atom is -0.496 e. The third-order valence-corrected chi connectivity index (χ3v) is 6.49. The van der Waals surface area contributed by atoms with Gasteiger partial charge in [0.25, 0.3) is 0 Å². The summed E-state index contributed by atoms with van der Waals surface area (Å²) in [4.78, 5) is 4.97. The molecule has 0 amide bonds. The predicted octanol–water partition coefficient (Wildman–Crippen LogP) is 6.05. The maximum atomic E-state index is 6.18. The second-order valence-corrected chi connectivity index (χ2v) is 8.66. The van der Waals surface area contributed by atoms with E-state index in [2.05, 4.69) is 77.4 Å². The first-order valence-corrected chi connectivity index (χ1v) is 11.3. The van der Waals surface area contributed by atoms with Crippen molar-refractivity contribution < 1.29 is 9.15 Å². The third kappa shape index (κ3) is 3.98. The lowest BCUT2D eigenvalue weighted by molar-refractivity contribution is 0.246. The zero-order valence-electron chi connectivity index (χ0n) is 19.1. The van der Waals surface area contributed by atoms with Gasteiger partial charge in [-0.25, -0.2) is 0 Å². The Hall–Kier alpha value is -3.24. The molecule has 1 aliphatic rings. The number of nitrogens with zero attached hydrogens (tertiary/aromatic N) is 2. The molecule has 5 rings (SSSR count). The Morgan fingerprint density at radius 2 is 1.59 bits per heavy atom. The van der Waals surface area contributed by atoms with Crippen molar-refractivity contribution in [3.63, 3.8) is 0 Å². The van der Waals surface area contributed by atoms with E-state index in [-0.39, 0.29) is 0 Å². The molecule has 4 nitrogen and oxygen atoms in total. The molecule has 1 aromatic heterocycles. The maximum absolute atomic E-state index is 6.18. The van der Waals surface area contributed by atoms with E-state index in [1.807, 2.05) is 13.0 Å². The standard InChI is InChI=1S/C28H30N2O2/c1-20-9-11-24(12-10-20)30-15-13-29(14-16-30)19-23-17-27-25(18-26(23)31-3)28(21(2)32-27)22-7-5-4-6-8-22/h4-12,17-18H,13-16,19H2,1-3H3. The molecule has 0 atom stereocenters. The second-order valence-electron chi connectivity index (χ2n) is 8.66. The summed E-state index contributed by atoms with van der Waals surface area (Å²) in [6.07, 6.45) is 0. The molecule has 4 heteroatoms. The van der Waals surface area contributed by atoms with Crippen LogP contribution in [0.3, 0.4) is 0 Å². The smallest absolute Gasteiger partial charge is 0.135 e. The SMILES string of the molecule is COc1cc2c(-c3ccccc3)c(C)oc2cc1CN1CCN(c2ccc(C)cc2)CC1. The molecule has 1 fully saturated rings. The Morgan fingerprint density at radius 3 is 2.28 bits per heavy atom. The van der Waals surface area contributed by atoms with Gasteiger partial charge in [0.1, 0.15) is 17.1 Å². The molecular formula is C28H30N2O2. The average molecular weight is 427 g/mol. The molecule has 0 bridgehead atoms. The number of fused-ring (bicyclic) bond motifs is 1. The molecule has 0 N–H and O–H groups in total. The van der Waals surface area contributed by atoms with Crippen molar-refractivity contribution in [3.05, 3.63) is 83.6 Å². The molecule has 164 valence electrons. The van der Waals surface area contributed by atoms with Crippen LogP contribution in [-0.2, 0) is 6.54 Å². The van der Waals surface area contributed by atoms with E-state index in [4.69, 9.17) is 9.15 Å². The summed E-state index contributed by atoms with van der Waals surface area (Å²) in [5.74, 6) is 1.87. The first kappa shape index (κ1) is 20.7. The van der Waals surface area contributed by atoms with Crippen LogP contribution in [0.15, 0.2) is 71.1 Å². The number of hydrogen-bond acceptors (Lipinski definition) is 4. The van der Waals surface area contributed by atoms with Gasteiger partial charge in [0.15, 0.2) is 0 Å². The summed E-state index contributed by atoms with van der Waals surface area (Å²) in [6, 6.07) is 23.6. The van der Waals surface area contributed by atoms with E-state index in [0.717, 1.165) is 60.8 Å². The normalized spacial score (nSPS) is 14.8. The first-order valence-electron chi connectivity index (χ1n) is 11.3. The van der Waals surface area contributed by atoms with Gasteiger partial charge in [-0.3, -0.25) is 4.90 Å². The summed E-state index contributed by atoms with van der Waals surface area (Å²) in [7, 11) is 1.76. The van der Waals surface area contributed by atoms with Crippen molar-refractivity contribution in [1.29, 1.82) is 0 Å². The van der Waals surface area contributed by atoms with Crippen molar-refractivity contribution in [1.82, 2.24) is 4.90 Å². The van der Waals surface area contributed by atoms with Crippen molar-refractivity contribution in [2.45, 2.75) is 20.4 Å². The van der Waals surface area contributed by atoms with Crippen LogP contribution in [0.25, 0.3) is 22.1 Å². The minimum atomic E-state index is 0.862. The lowest BCUT2D eigenvalue weighted by Gasteiger charge is -2.36. The van der Waals surface area contributed by atoms with E-state index >= 15 is 0 Å². The summed E-state index contributed by atoms with van der Waals surface area (Å²) in [6.45, 7) is 9.16. The number of methoxy groups -OCH3 is 1. The van der Waals surface area contributed by atoms with Crippen LogP contribution in [0.4, 0.5) is 5.69 Å². The highest BCUT2D eigenvalue weighted by molar-refractivity contribution is 5.97. The van der Waals surface area contributed by atoms with Crippen molar-refractivity contribution in [2.24, 2.45) is 0 Å². The second kappa shape index (κ2) is 8.71. The molecule has 2 heterocycles. The van der Waals surface area contributed by atoms with Gasteiger partial charge in [0.2, 0.25) is 0 Å². The molecule has 1 aliphatic heterocycles. The Labute approximate surface area is 190 Å². The van der Waals surface area contributed by atoms with Crippen LogP contribution < -0.4 is 9.64 Å².